The topological polar surface area (TPSA) is 52.6 Å². The Labute approximate surface area is 112 Å². The van der Waals surface area contributed by atoms with Crippen molar-refractivity contribution in [1.29, 1.82) is 0 Å². The van der Waals surface area contributed by atoms with E-state index < -0.39 is 11.5 Å². The van der Waals surface area contributed by atoms with Gasteiger partial charge < -0.3 is 15.3 Å². The summed E-state index contributed by atoms with van der Waals surface area (Å²) in [5, 5.41) is 12.5. The SMILES string of the molecule is CCCN(CCC)C(C)CC(C)(NCC)C(=O)O. The Balaban J connectivity index is 4.64. The third-order valence-corrected chi connectivity index (χ3v) is 3.39. The average Bonchev–Trinajstić information content (AvgIpc) is 2.28. The van der Waals surface area contributed by atoms with Gasteiger partial charge in [0.05, 0.1) is 0 Å². The van der Waals surface area contributed by atoms with Crippen LogP contribution in [0.2, 0.25) is 0 Å². The number of carboxylic acids is 1. The Morgan fingerprint density at radius 3 is 2.11 bits per heavy atom. The van der Waals surface area contributed by atoms with E-state index in [2.05, 4.69) is 31.0 Å². The van der Waals surface area contributed by atoms with Crippen LogP contribution in [0.5, 0.6) is 0 Å². The fourth-order valence-corrected chi connectivity index (χ4v) is 2.47. The summed E-state index contributed by atoms with van der Waals surface area (Å²) in [6.45, 7) is 12.9. The summed E-state index contributed by atoms with van der Waals surface area (Å²) in [5.74, 6) is -0.760. The van der Waals surface area contributed by atoms with Crippen molar-refractivity contribution in [3.05, 3.63) is 0 Å². The lowest BCUT2D eigenvalue weighted by molar-refractivity contribution is -0.145. The van der Waals surface area contributed by atoms with Gasteiger partial charge in [-0.2, -0.15) is 0 Å². The molecular weight excluding hydrogens is 228 g/mol. The van der Waals surface area contributed by atoms with Gasteiger partial charge in [0.15, 0.2) is 0 Å². The van der Waals surface area contributed by atoms with E-state index in [4.69, 9.17) is 0 Å². The molecule has 0 amide bonds. The number of rotatable bonds is 10. The summed E-state index contributed by atoms with van der Waals surface area (Å²) in [5.41, 5.74) is -0.825. The number of aliphatic carboxylic acids is 1. The van der Waals surface area contributed by atoms with E-state index in [1.54, 1.807) is 6.92 Å². The van der Waals surface area contributed by atoms with Gasteiger partial charge in [-0.15, -0.1) is 0 Å². The van der Waals surface area contributed by atoms with Gasteiger partial charge in [-0.25, -0.2) is 0 Å². The van der Waals surface area contributed by atoms with E-state index in [9.17, 15) is 9.90 Å². The molecule has 0 aliphatic carbocycles. The highest BCUT2D eigenvalue weighted by atomic mass is 16.4. The molecule has 2 unspecified atom stereocenters. The molecule has 0 saturated carbocycles. The minimum atomic E-state index is -0.825. The zero-order valence-electron chi connectivity index (χ0n) is 12.6. The van der Waals surface area contributed by atoms with Crippen LogP contribution in [-0.4, -0.2) is 47.2 Å². The fraction of sp³-hybridized carbons (Fsp3) is 0.929. The maximum atomic E-state index is 11.4. The summed E-state index contributed by atoms with van der Waals surface area (Å²) >= 11 is 0. The molecule has 2 atom stereocenters. The maximum absolute atomic E-state index is 11.4. The van der Waals surface area contributed by atoms with Gasteiger partial charge >= 0.3 is 5.97 Å². The molecule has 0 radical (unpaired) electrons. The summed E-state index contributed by atoms with van der Waals surface area (Å²) in [7, 11) is 0. The number of nitrogens with zero attached hydrogens (tertiary/aromatic N) is 1. The first-order valence-electron chi connectivity index (χ1n) is 7.13. The van der Waals surface area contributed by atoms with E-state index in [1.165, 1.54) is 0 Å². The highest BCUT2D eigenvalue weighted by molar-refractivity contribution is 5.78. The van der Waals surface area contributed by atoms with Crippen molar-refractivity contribution in [2.75, 3.05) is 19.6 Å². The summed E-state index contributed by atoms with van der Waals surface area (Å²) in [4.78, 5) is 13.8. The number of carbonyl (C=O) groups is 1. The summed E-state index contributed by atoms with van der Waals surface area (Å²) < 4.78 is 0. The van der Waals surface area contributed by atoms with Crippen LogP contribution in [0.1, 0.15) is 53.9 Å². The quantitative estimate of drug-likeness (QED) is 0.631. The van der Waals surface area contributed by atoms with Crippen LogP contribution in [0.25, 0.3) is 0 Å². The molecule has 108 valence electrons. The van der Waals surface area contributed by atoms with Crippen molar-refractivity contribution in [2.45, 2.75) is 65.5 Å². The van der Waals surface area contributed by atoms with Crippen molar-refractivity contribution in [1.82, 2.24) is 10.2 Å². The molecule has 4 heteroatoms. The Bertz CT molecular complexity index is 240. The molecule has 0 aromatic rings. The van der Waals surface area contributed by atoms with Crippen LogP contribution in [0, 0.1) is 0 Å². The molecule has 2 N–H and O–H groups in total. The van der Waals surface area contributed by atoms with Crippen molar-refractivity contribution in [2.24, 2.45) is 0 Å². The molecule has 0 spiro atoms. The second kappa shape index (κ2) is 8.48. The molecule has 0 aromatic carbocycles. The second-order valence-electron chi connectivity index (χ2n) is 5.26. The van der Waals surface area contributed by atoms with Crippen molar-refractivity contribution in [3.63, 3.8) is 0 Å². The number of carboxylic acid groups (broad SMARTS) is 1. The molecule has 0 aromatic heterocycles. The molecule has 0 heterocycles. The molecule has 4 nitrogen and oxygen atoms in total. The lowest BCUT2D eigenvalue weighted by Gasteiger charge is -2.35. The smallest absolute Gasteiger partial charge is 0.323 e. The van der Waals surface area contributed by atoms with Gasteiger partial charge in [-0.05, 0) is 52.7 Å². The third-order valence-electron chi connectivity index (χ3n) is 3.39. The molecule has 0 bridgehead atoms. The zero-order chi connectivity index (χ0) is 14.2. The van der Waals surface area contributed by atoms with E-state index in [0.717, 1.165) is 25.9 Å². The number of hydrogen-bond acceptors (Lipinski definition) is 3. The van der Waals surface area contributed by atoms with E-state index in [0.29, 0.717) is 13.0 Å². The van der Waals surface area contributed by atoms with E-state index in [1.807, 2.05) is 6.92 Å². The number of hydrogen-bond donors (Lipinski definition) is 2. The normalized spacial score (nSPS) is 16.6. The first-order valence-corrected chi connectivity index (χ1v) is 7.13. The van der Waals surface area contributed by atoms with Gasteiger partial charge in [0.2, 0.25) is 0 Å². The fourth-order valence-electron chi connectivity index (χ4n) is 2.47. The lowest BCUT2D eigenvalue weighted by Crippen LogP contribution is -2.53. The van der Waals surface area contributed by atoms with Crippen molar-refractivity contribution >= 4 is 5.97 Å². The highest BCUT2D eigenvalue weighted by Crippen LogP contribution is 2.17. The Hall–Kier alpha value is -0.610. The second-order valence-corrected chi connectivity index (χ2v) is 5.26. The molecule has 0 fully saturated rings. The van der Waals surface area contributed by atoms with Crippen molar-refractivity contribution in [3.8, 4) is 0 Å². The minimum absolute atomic E-state index is 0.282. The van der Waals surface area contributed by atoms with Crippen LogP contribution in [-0.2, 0) is 4.79 Å². The Morgan fingerprint density at radius 2 is 1.78 bits per heavy atom. The van der Waals surface area contributed by atoms with Crippen molar-refractivity contribution < 1.29 is 9.90 Å². The Kier molecular flexibility index (Phi) is 8.20. The van der Waals surface area contributed by atoms with Crippen LogP contribution in [0.15, 0.2) is 0 Å². The average molecular weight is 258 g/mol. The van der Waals surface area contributed by atoms with Crippen LogP contribution >= 0.6 is 0 Å². The third kappa shape index (κ3) is 5.36. The first kappa shape index (κ1) is 17.4. The van der Waals surface area contributed by atoms with Gasteiger partial charge in [-0.1, -0.05) is 20.8 Å². The number of likely N-dealkylation sites (N-methyl/N-ethyl adjacent to an activating group) is 1. The minimum Gasteiger partial charge on any atom is -0.480 e. The van der Waals surface area contributed by atoms with Crippen LogP contribution in [0.3, 0.4) is 0 Å². The van der Waals surface area contributed by atoms with Gasteiger partial charge in [-0.3, -0.25) is 4.79 Å². The lowest BCUT2D eigenvalue weighted by atomic mass is 9.92. The monoisotopic (exact) mass is 258 g/mol. The van der Waals surface area contributed by atoms with Gasteiger partial charge in [0, 0.05) is 6.04 Å². The summed E-state index contributed by atoms with van der Waals surface area (Å²) in [6, 6.07) is 0.282. The van der Waals surface area contributed by atoms with Crippen LogP contribution in [0.4, 0.5) is 0 Å². The molecule has 0 rings (SSSR count). The molecule has 0 aliphatic heterocycles. The molecule has 0 saturated heterocycles. The summed E-state index contributed by atoms with van der Waals surface area (Å²) in [6.07, 6.45) is 2.85. The molecule has 0 aliphatic rings. The number of nitrogens with one attached hydrogen (secondary N) is 1. The van der Waals surface area contributed by atoms with Crippen LogP contribution < -0.4 is 5.32 Å². The Morgan fingerprint density at radius 1 is 1.28 bits per heavy atom. The van der Waals surface area contributed by atoms with E-state index in [-0.39, 0.29) is 6.04 Å². The maximum Gasteiger partial charge on any atom is 0.323 e. The van der Waals surface area contributed by atoms with Gasteiger partial charge in [0.25, 0.3) is 0 Å². The molecule has 18 heavy (non-hydrogen) atoms. The molecular formula is C14H30N2O2. The predicted octanol–water partition coefficient (Wildman–Crippen LogP) is 2.34. The predicted molar refractivity (Wildman–Crippen MR) is 76.0 cm³/mol. The highest BCUT2D eigenvalue weighted by Gasteiger charge is 2.34. The largest absolute Gasteiger partial charge is 0.480 e. The standard InChI is InChI=1S/C14H30N2O2/c1-6-9-16(10-7-2)12(4)11-14(5,13(17)18)15-8-3/h12,15H,6-11H2,1-5H3,(H,17,18). The van der Waals surface area contributed by atoms with E-state index >= 15 is 0 Å². The first-order chi connectivity index (χ1) is 8.41. The van der Waals surface area contributed by atoms with Gasteiger partial charge in [0.1, 0.15) is 5.54 Å². The zero-order valence-corrected chi connectivity index (χ0v) is 12.6.